The lowest BCUT2D eigenvalue weighted by atomic mass is 10.3. The predicted molar refractivity (Wildman–Crippen MR) is 83.8 cm³/mol. The molecule has 9 heteroatoms. The third-order valence-corrected chi connectivity index (χ3v) is 3.31. The lowest BCUT2D eigenvalue weighted by molar-refractivity contribution is 0.261. The lowest BCUT2D eigenvalue weighted by Gasteiger charge is -2.05. The minimum absolute atomic E-state index is 0.0629. The third-order valence-electron chi connectivity index (χ3n) is 2.55. The van der Waals surface area contributed by atoms with E-state index in [1.165, 1.54) is 0 Å². The Hall–Kier alpha value is -2.32. The van der Waals surface area contributed by atoms with Gasteiger partial charge in [0, 0.05) is 0 Å². The first-order valence-corrected chi connectivity index (χ1v) is 7.20. The zero-order chi connectivity index (χ0) is 15.5. The van der Waals surface area contributed by atoms with E-state index in [2.05, 4.69) is 36.8 Å². The number of halogens is 2. The van der Waals surface area contributed by atoms with E-state index < -0.39 is 6.03 Å². The van der Waals surface area contributed by atoms with Gasteiger partial charge in [-0.25, -0.2) is 4.79 Å². The molecule has 112 valence electrons. The van der Waals surface area contributed by atoms with Gasteiger partial charge < -0.3 is 14.2 Å². The zero-order valence-corrected chi connectivity index (χ0v) is 13.2. The van der Waals surface area contributed by atoms with E-state index in [9.17, 15) is 4.79 Å². The molecular weight excluding hydrogens is 376 g/mol. The average molecular weight is 384 g/mol. The molecular formula is C13H8BrClN4O3. The summed E-state index contributed by atoms with van der Waals surface area (Å²) >= 11 is 9.12. The lowest BCUT2D eigenvalue weighted by Crippen LogP contribution is -2.19. The smallest absolute Gasteiger partial charge is 0.327 e. The molecule has 0 spiro atoms. The highest BCUT2D eigenvalue weighted by Gasteiger charge is 2.14. The normalized spacial score (nSPS) is 10.5. The molecule has 0 saturated heterocycles. The van der Waals surface area contributed by atoms with E-state index in [1.807, 2.05) is 0 Å². The molecule has 2 aromatic heterocycles. The van der Waals surface area contributed by atoms with E-state index in [-0.39, 0.29) is 11.9 Å². The fraction of sp³-hybridized carbons (Fsp3) is 0. The average Bonchev–Trinajstić information content (AvgIpc) is 3.10. The molecule has 3 rings (SSSR count). The number of benzene rings is 1. The molecule has 0 aliphatic rings. The highest BCUT2D eigenvalue weighted by atomic mass is 79.9. The second kappa shape index (κ2) is 6.20. The Morgan fingerprint density at radius 2 is 1.91 bits per heavy atom. The van der Waals surface area contributed by atoms with Crippen LogP contribution in [0.2, 0.25) is 5.02 Å². The van der Waals surface area contributed by atoms with Gasteiger partial charge in [-0.2, -0.15) is 0 Å². The molecule has 2 heterocycles. The van der Waals surface area contributed by atoms with Crippen molar-refractivity contribution in [2.24, 2.45) is 0 Å². The van der Waals surface area contributed by atoms with Crippen LogP contribution in [0.4, 0.5) is 16.5 Å². The van der Waals surface area contributed by atoms with Crippen LogP contribution in [-0.4, -0.2) is 16.2 Å². The van der Waals surface area contributed by atoms with E-state index >= 15 is 0 Å². The van der Waals surface area contributed by atoms with Crippen LogP contribution >= 0.6 is 27.5 Å². The van der Waals surface area contributed by atoms with Crippen molar-refractivity contribution in [1.29, 1.82) is 0 Å². The van der Waals surface area contributed by atoms with Crippen LogP contribution in [0.25, 0.3) is 11.7 Å². The summed E-state index contributed by atoms with van der Waals surface area (Å²) in [5, 5.41) is 12.9. The van der Waals surface area contributed by atoms with Gasteiger partial charge in [-0.1, -0.05) is 28.8 Å². The number of carbonyl (C=O) groups excluding carboxylic acids is 1. The number of rotatable bonds is 3. The molecule has 0 fully saturated rings. The zero-order valence-electron chi connectivity index (χ0n) is 10.8. The van der Waals surface area contributed by atoms with Gasteiger partial charge in [0.1, 0.15) is 0 Å². The first-order valence-electron chi connectivity index (χ1n) is 6.03. The molecule has 22 heavy (non-hydrogen) atoms. The summed E-state index contributed by atoms with van der Waals surface area (Å²) in [4.78, 5) is 11.8. The number of carbonyl (C=O) groups is 1. The van der Waals surface area contributed by atoms with Crippen molar-refractivity contribution in [1.82, 2.24) is 10.2 Å². The van der Waals surface area contributed by atoms with Crippen LogP contribution < -0.4 is 10.6 Å². The van der Waals surface area contributed by atoms with Gasteiger partial charge in [-0.3, -0.25) is 5.32 Å². The quantitative estimate of drug-likeness (QED) is 0.699. The van der Waals surface area contributed by atoms with Gasteiger partial charge in [-0.15, -0.1) is 5.10 Å². The van der Waals surface area contributed by atoms with Gasteiger partial charge in [0.2, 0.25) is 0 Å². The van der Waals surface area contributed by atoms with Crippen LogP contribution in [0.15, 0.2) is 49.9 Å². The molecule has 2 amide bonds. The highest BCUT2D eigenvalue weighted by molar-refractivity contribution is 9.10. The van der Waals surface area contributed by atoms with Crippen LogP contribution in [-0.2, 0) is 0 Å². The number of aromatic nitrogens is 2. The van der Waals surface area contributed by atoms with Crippen molar-refractivity contribution < 1.29 is 13.6 Å². The van der Waals surface area contributed by atoms with Crippen LogP contribution in [0.1, 0.15) is 0 Å². The number of anilines is 2. The van der Waals surface area contributed by atoms with E-state index in [4.69, 9.17) is 20.4 Å². The minimum atomic E-state index is -0.552. The number of hydrogen-bond donors (Lipinski definition) is 2. The Balaban J connectivity index is 1.67. The van der Waals surface area contributed by atoms with Crippen molar-refractivity contribution in [2.75, 3.05) is 10.6 Å². The molecule has 2 N–H and O–H groups in total. The fourth-order valence-electron chi connectivity index (χ4n) is 1.62. The molecule has 0 aliphatic carbocycles. The topological polar surface area (TPSA) is 93.2 Å². The van der Waals surface area contributed by atoms with Crippen LogP contribution in [0.3, 0.4) is 0 Å². The maximum Gasteiger partial charge on any atom is 0.327 e. The predicted octanol–water partition coefficient (Wildman–Crippen LogP) is 4.39. The molecule has 0 bridgehead atoms. The summed E-state index contributed by atoms with van der Waals surface area (Å²) < 4.78 is 11.1. The Kier molecular flexibility index (Phi) is 4.12. The molecule has 0 atom stereocenters. The number of hydrogen-bond acceptors (Lipinski definition) is 5. The summed E-state index contributed by atoms with van der Waals surface area (Å²) in [6, 6.07) is 9.58. The summed E-state index contributed by atoms with van der Waals surface area (Å²) in [6.07, 6.45) is 0. The number of urea groups is 1. The Morgan fingerprint density at radius 1 is 1.09 bits per heavy atom. The first-order chi connectivity index (χ1) is 10.6. The highest BCUT2D eigenvalue weighted by Crippen LogP contribution is 2.25. The molecule has 0 unspecified atom stereocenters. The standard InChI is InChI=1S/C13H8BrClN4O3/c14-10-6-5-9(21-10)11-18-19-13(22-11)17-12(20)16-8-4-2-1-3-7(8)15/h1-6H,(H2,16,17,19,20). The maximum absolute atomic E-state index is 11.8. The fourth-order valence-corrected chi connectivity index (χ4v) is 2.11. The van der Waals surface area contributed by atoms with Crippen molar-refractivity contribution >= 4 is 45.3 Å². The molecule has 3 aromatic rings. The van der Waals surface area contributed by atoms with Crippen molar-refractivity contribution in [3.63, 3.8) is 0 Å². The third kappa shape index (κ3) is 3.29. The van der Waals surface area contributed by atoms with E-state index in [0.29, 0.717) is 21.1 Å². The summed E-state index contributed by atoms with van der Waals surface area (Å²) in [5.74, 6) is 0.540. The molecule has 7 nitrogen and oxygen atoms in total. The number of nitrogens with zero attached hydrogens (tertiary/aromatic N) is 2. The molecule has 1 aromatic carbocycles. The Bertz CT molecular complexity index is 817. The van der Waals surface area contributed by atoms with Crippen LogP contribution in [0, 0.1) is 0 Å². The number of para-hydroxylation sites is 1. The Morgan fingerprint density at radius 3 is 2.64 bits per heavy atom. The summed E-state index contributed by atoms with van der Waals surface area (Å²) in [6.45, 7) is 0. The summed E-state index contributed by atoms with van der Waals surface area (Å²) in [5.41, 5.74) is 0.469. The van der Waals surface area contributed by atoms with Crippen molar-refractivity contribution in [3.05, 3.63) is 46.1 Å². The number of furan rings is 1. The largest absolute Gasteiger partial charge is 0.444 e. The van der Waals surface area contributed by atoms with E-state index in [0.717, 1.165) is 0 Å². The van der Waals surface area contributed by atoms with Crippen molar-refractivity contribution in [2.45, 2.75) is 0 Å². The van der Waals surface area contributed by atoms with Crippen LogP contribution in [0.5, 0.6) is 0 Å². The van der Waals surface area contributed by atoms with Gasteiger partial charge in [0.05, 0.1) is 10.7 Å². The van der Waals surface area contributed by atoms with Crippen molar-refractivity contribution in [3.8, 4) is 11.7 Å². The second-order valence-electron chi connectivity index (χ2n) is 4.08. The van der Waals surface area contributed by atoms with E-state index in [1.54, 1.807) is 36.4 Å². The Labute approximate surface area is 137 Å². The molecule has 0 saturated carbocycles. The second-order valence-corrected chi connectivity index (χ2v) is 5.26. The first kappa shape index (κ1) is 14.6. The maximum atomic E-state index is 11.8. The monoisotopic (exact) mass is 382 g/mol. The van der Waals surface area contributed by atoms with Gasteiger partial charge in [-0.05, 0) is 40.2 Å². The summed E-state index contributed by atoms with van der Waals surface area (Å²) in [7, 11) is 0. The van der Waals surface area contributed by atoms with Gasteiger partial charge in [0.25, 0.3) is 5.89 Å². The number of amides is 2. The SMILES string of the molecule is O=C(Nc1nnc(-c2ccc(Br)o2)o1)Nc1ccccc1Cl. The molecule has 0 aliphatic heterocycles. The van der Waals surface area contributed by atoms with Gasteiger partial charge in [0.15, 0.2) is 10.4 Å². The van der Waals surface area contributed by atoms with Gasteiger partial charge >= 0.3 is 12.0 Å². The molecule has 0 radical (unpaired) electrons. The number of nitrogens with one attached hydrogen (secondary N) is 2. The minimum Gasteiger partial charge on any atom is -0.444 e.